The number of fused-ring (bicyclic) bond motifs is 1. The summed E-state index contributed by atoms with van der Waals surface area (Å²) in [5.74, 6) is -0.677. The van der Waals surface area contributed by atoms with Crippen LogP contribution in [-0.4, -0.2) is 31.8 Å². The summed E-state index contributed by atoms with van der Waals surface area (Å²) in [5, 5.41) is 8.03. The number of hydrogen-bond donors (Lipinski definition) is 1. The molecule has 2 aromatic heterocycles. The molecule has 158 valence electrons. The monoisotopic (exact) mass is 459 g/mol. The Hall–Kier alpha value is -3.23. The summed E-state index contributed by atoms with van der Waals surface area (Å²) in [6.45, 7) is 0.842. The van der Waals surface area contributed by atoms with Crippen molar-refractivity contribution in [2.24, 2.45) is 0 Å². The number of benzene rings is 2. The first-order valence-electron chi connectivity index (χ1n) is 9.31. The molecule has 0 aliphatic carbocycles. The van der Waals surface area contributed by atoms with E-state index in [0.717, 1.165) is 5.56 Å². The molecule has 0 unspecified atom stereocenters. The molecular weight excluding hydrogens is 444 g/mol. The molecule has 2 heterocycles. The van der Waals surface area contributed by atoms with Gasteiger partial charge < -0.3 is 5.32 Å². The van der Waals surface area contributed by atoms with Crippen molar-refractivity contribution in [2.45, 2.75) is 13.1 Å². The maximum absolute atomic E-state index is 13.1. The molecule has 0 saturated heterocycles. The predicted molar refractivity (Wildman–Crippen MR) is 116 cm³/mol. The Morgan fingerprint density at radius 1 is 1.13 bits per heavy atom. The number of nitrogens with zero attached hydrogens (tertiary/aromatic N) is 4. The van der Waals surface area contributed by atoms with Gasteiger partial charge in [0.2, 0.25) is 0 Å². The van der Waals surface area contributed by atoms with Crippen LogP contribution in [-0.2, 0) is 13.1 Å². The number of nitrogens with one attached hydrogen (secondary N) is 1. The fourth-order valence-corrected chi connectivity index (χ4v) is 3.60. The zero-order valence-corrected chi connectivity index (χ0v) is 17.6. The first kappa shape index (κ1) is 21.0. The van der Waals surface area contributed by atoms with Gasteiger partial charge in [0.05, 0.1) is 29.9 Å². The number of carbonyl (C=O) groups is 1. The van der Waals surface area contributed by atoms with Gasteiger partial charge in [-0.1, -0.05) is 35.3 Å². The minimum absolute atomic E-state index is 0.252. The Kier molecular flexibility index (Phi) is 6.01. The summed E-state index contributed by atoms with van der Waals surface area (Å²) in [6, 6.07) is 10.6. The number of aromatic nitrogens is 4. The van der Waals surface area contributed by atoms with Crippen molar-refractivity contribution in [3.05, 3.63) is 92.3 Å². The molecule has 4 aromatic rings. The molecule has 0 atom stereocenters. The van der Waals surface area contributed by atoms with Crippen molar-refractivity contribution in [1.29, 1.82) is 0 Å². The first-order chi connectivity index (χ1) is 14.9. The Bertz CT molecular complexity index is 1320. The molecular formula is C21H16Cl2FN5O2. The van der Waals surface area contributed by atoms with Crippen LogP contribution in [0.15, 0.2) is 59.8 Å². The Morgan fingerprint density at radius 2 is 1.90 bits per heavy atom. The van der Waals surface area contributed by atoms with Crippen molar-refractivity contribution >= 4 is 40.1 Å². The van der Waals surface area contributed by atoms with Gasteiger partial charge in [-0.3, -0.25) is 14.2 Å². The lowest BCUT2D eigenvalue weighted by molar-refractivity contribution is 0.0952. The SMILES string of the molecule is O=C(NCCn1ncc2c(=O)n(Cc3ccc(F)cc3)cnc21)c1ccc(Cl)cc1Cl. The van der Waals surface area contributed by atoms with Gasteiger partial charge in [0, 0.05) is 11.6 Å². The summed E-state index contributed by atoms with van der Waals surface area (Å²) in [6.07, 6.45) is 2.88. The van der Waals surface area contributed by atoms with Crippen LogP contribution < -0.4 is 10.9 Å². The molecule has 0 saturated carbocycles. The molecule has 7 nitrogen and oxygen atoms in total. The lowest BCUT2D eigenvalue weighted by atomic mass is 10.2. The second-order valence-electron chi connectivity index (χ2n) is 6.79. The van der Waals surface area contributed by atoms with Gasteiger partial charge in [-0.15, -0.1) is 0 Å². The number of rotatable bonds is 6. The topological polar surface area (TPSA) is 81.8 Å². The van der Waals surface area contributed by atoms with Crippen molar-refractivity contribution in [1.82, 2.24) is 24.6 Å². The lowest BCUT2D eigenvalue weighted by Crippen LogP contribution is -2.28. The van der Waals surface area contributed by atoms with Crippen molar-refractivity contribution in [2.75, 3.05) is 6.54 Å². The third-order valence-electron chi connectivity index (χ3n) is 4.67. The van der Waals surface area contributed by atoms with E-state index >= 15 is 0 Å². The zero-order valence-electron chi connectivity index (χ0n) is 16.1. The fraction of sp³-hybridized carbons (Fsp3) is 0.143. The number of amides is 1. The number of carbonyl (C=O) groups excluding carboxylic acids is 1. The van der Waals surface area contributed by atoms with E-state index in [-0.39, 0.29) is 35.4 Å². The van der Waals surface area contributed by atoms with Gasteiger partial charge in [0.15, 0.2) is 5.65 Å². The van der Waals surface area contributed by atoms with Crippen LogP contribution in [0.25, 0.3) is 11.0 Å². The van der Waals surface area contributed by atoms with E-state index in [4.69, 9.17) is 23.2 Å². The number of hydrogen-bond acceptors (Lipinski definition) is 4. The van der Waals surface area contributed by atoms with Crippen LogP contribution in [0, 0.1) is 5.82 Å². The van der Waals surface area contributed by atoms with Crippen LogP contribution in [0.3, 0.4) is 0 Å². The van der Waals surface area contributed by atoms with Gasteiger partial charge in [-0.2, -0.15) is 5.10 Å². The molecule has 4 rings (SSSR count). The van der Waals surface area contributed by atoms with E-state index in [1.54, 1.807) is 28.9 Å². The van der Waals surface area contributed by atoms with E-state index in [9.17, 15) is 14.0 Å². The second kappa shape index (κ2) is 8.87. The molecule has 2 aromatic carbocycles. The maximum Gasteiger partial charge on any atom is 0.264 e. The Balaban J connectivity index is 1.45. The fourth-order valence-electron chi connectivity index (χ4n) is 3.10. The molecule has 0 fully saturated rings. The molecule has 0 aliphatic rings. The molecule has 10 heteroatoms. The van der Waals surface area contributed by atoms with Crippen LogP contribution in [0.5, 0.6) is 0 Å². The normalized spacial score (nSPS) is 11.1. The highest BCUT2D eigenvalue weighted by Crippen LogP contribution is 2.20. The summed E-state index contributed by atoms with van der Waals surface area (Å²) in [4.78, 5) is 29.4. The van der Waals surface area contributed by atoms with Gasteiger partial charge in [-0.25, -0.2) is 14.1 Å². The smallest absolute Gasteiger partial charge is 0.264 e. The molecule has 31 heavy (non-hydrogen) atoms. The average molecular weight is 460 g/mol. The van der Waals surface area contributed by atoms with Crippen LogP contribution in [0.1, 0.15) is 15.9 Å². The molecule has 1 N–H and O–H groups in total. The van der Waals surface area contributed by atoms with Gasteiger partial charge in [-0.05, 0) is 35.9 Å². The minimum atomic E-state index is -0.340. The Labute approximate surface area is 186 Å². The summed E-state index contributed by atoms with van der Waals surface area (Å²) in [7, 11) is 0. The van der Waals surface area contributed by atoms with Crippen molar-refractivity contribution in [3.8, 4) is 0 Å². The highest BCUT2D eigenvalue weighted by molar-refractivity contribution is 6.36. The lowest BCUT2D eigenvalue weighted by Gasteiger charge is -2.08. The summed E-state index contributed by atoms with van der Waals surface area (Å²) in [5.41, 5.74) is 1.26. The largest absolute Gasteiger partial charge is 0.350 e. The highest BCUT2D eigenvalue weighted by Gasteiger charge is 2.13. The van der Waals surface area contributed by atoms with E-state index in [1.165, 1.54) is 35.3 Å². The Morgan fingerprint density at radius 3 is 2.65 bits per heavy atom. The molecule has 0 bridgehead atoms. The van der Waals surface area contributed by atoms with Crippen LogP contribution >= 0.6 is 23.2 Å². The zero-order chi connectivity index (χ0) is 22.0. The summed E-state index contributed by atoms with van der Waals surface area (Å²) >= 11 is 11.9. The van der Waals surface area contributed by atoms with Crippen LogP contribution in [0.4, 0.5) is 4.39 Å². The van der Waals surface area contributed by atoms with Crippen LogP contribution in [0.2, 0.25) is 10.0 Å². The third kappa shape index (κ3) is 4.60. The standard InChI is InChI=1S/C21H16Cl2FN5O2/c22-14-3-6-16(18(23)9-14)20(30)25-7-8-29-19-17(10-27-29)21(31)28(12-26-19)11-13-1-4-15(24)5-2-13/h1-6,9-10,12H,7-8,11H2,(H,25,30). The molecule has 0 spiro atoms. The van der Waals surface area contributed by atoms with E-state index in [1.807, 2.05) is 0 Å². The van der Waals surface area contributed by atoms with Crippen molar-refractivity contribution < 1.29 is 9.18 Å². The quantitative estimate of drug-likeness (QED) is 0.478. The predicted octanol–water partition coefficient (Wildman–Crippen LogP) is 3.52. The van der Waals surface area contributed by atoms with E-state index in [0.29, 0.717) is 28.2 Å². The minimum Gasteiger partial charge on any atom is -0.350 e. The third-order valence-corrected chi connectivity index (χ3v) is 5.22. The average Bonchev–Trinajstić information content (AvgIpc) is 3.15. The molecule has 0 radical (unpaired) electrons. The summed E-state index contributed by atoms with van der Waals surface area (Å²) < 4.78 is 16.1. The van der Waals surface area contributed by atoms with Gasteiger partial charge in [0.25, 0.3) is 11.5 Å². The first-order valence-corrected chi connectivity index (χ1v) is 10.1. The van der Waals surface area contributed by atoms with Gasteiger partial charge >= 0.3 is 0 Å². The number of halogens is 3. The van der Waals surface area contributed by atoms with Gasteiger partial charge in [0.1, 0.15) is 17.5 Å². The van der Waals surface area contributed by atoms with E-state index in [2.05, 4.69) is 15.4 Å². The van der Waals surface area contributed by atoms with E-state index < -0.39 is 0 Å². The highest BCUT2D eigenvalue weighted by atomic mass is 35.5. The maximum atomic E-state index is 13.1. The van der Waals surface area contributed by atoms with Crippen molar-refractivity contribution in [3.63, 3.8) is 0 Å². The molecule has 1 amide bonds. The second-order valence-corrected chi connectivity index (χ2v) is 7.63. The molecule has 0 aliphatic heterocycles.